The number of nitrogens with zero attached hydrogens (tertiary/aromatic N) is 2. The molecule has 2 aliphatic rings. The van der Waals surface area contributed by atoms with Crippen LogP contribution in [-0.4, -0.2) is 81.5 Å². The molecule has 0 spiro atoms. The van der Waals surface area contributed by atoms with Gasteiger partial charge in [0.15, 0.2) is 0 Å². The second-order valence-electron chi connectivity index (χ2n) is 9.86. The third-order valence-corrected chi connectivity index (χ3v) is 6.71. The highest BCUT2D eigenvalue weighted by atomic mass is 16.5. The van der Waals surface area contributed by atoms with Gasteiger partial charge < -0.3 is 29.3 Å². The first-order valence-electron chi connectivity index (χ1n) is 12.4. The van der Waals surface area contributed by atoms with Gasteiger partial charge in [-0.15, -0.1) is 0 Å². The molecule has 190 valence electrons. The van der Waals surface area contributed by atoms with Crippen LogP contribution in [0.2, 0.25) is 0 Å². The quantitative estimate of drug-likeness (QED) is 0.524. The first-order valence-corrected chi connectivity index (χ1v) is 12.4. The van der Waals surface area contributed by atoms with E-state index in [0.29, 0.717) is 30.2 Å². The minimum Gasteiger partial charge on any atom is -0.473 e. The standard InChI is InChI=1S/C26H41N3O5/c1-18(2)29(20-10-9-11-27-16-20)24(30)21-15-22-23(14-19(21)3)34-26(4,17-33-6)25(31)28(22)12-7-8-13-32-5/h14-15,18,20,27H,7-13,16-17H2,1-6H3/t20-,26-/m1/s1. The van der Waals surface area contributed by atoms with Gasteiger partial charge in [0, 0.05) is 51.6 Å². The number of hydrogen-bond acceptors (Lipinski definition) is 6. The van der Waals surface area contributed by atoms with E-state index in [1.165, 1.54) is 0 Å². The number of hydrogen-bond donors (Lipinski definition) is 1. The lowest BCUT2D eigenvalue weighted by atomic mass is 9.97. The maximum Gasteiger partial charge on any atom is 0.273 e. The molecule has 1 N–H and O–H groups in total. The molecule has 1 fully saturated rings. The summed E-state index contributed by atoms with van der Waals surface area (Å²) >= 11 is 0. The highest BCUT2D eigenvalue weighted by molar-refractivity contribution is 6.05. The Hall–Kier alpha value is -2.16. The molecular formula is C26H41N3O5. The molecule has 1 saturated heterocycles. The average molecular weight is 476 g/mol. The van der Waals surface area contributed by atoms with Crippen LogP contribution in [0.1, 0.15) is 62.4 Å². The van der Waals surface area contributed by atoms with E-state index in [2.05, 4.69) is 19.2 Å². The van der Waals surface area contributed by atoms with Crippen LogP contribution >= 0.6 is 0 Å². The molecule has 0 aromatic heterocycles. The predicted molar refractivity (Wildman–Crippen MR) is 133 cm³/mol. The number of piperidine rings is 1. The Morgan fingerprint density at radius 2 is 2.06 bits per heavy atom. The van der Waals surface area contributed by atoms with Crippen molar-refractivity contribution in [2.24, 2.45) is 0 Å². The highest BCUT2D eigenvalue weighted by Gasteiger charge is 2.45. The lowest BCUT2D eigenvalue weighted by Gasteiger charge is -2.41. The normalized spacial score (nSPS) is 22.5. The smallest absolute Gasteiger partial charge is 0.273 e. The minimum absolute atomic E-state index is 0.000934. The molecular weight excluding hydrogens is 434 g/mol. The van der Waals surface area contributed by atoms with Gasteiger partial charge in [0.1, 0.15) is 5.75 Å². The molecule has 0 radical (unpaired) electrons. The van der Waals surface area contributed by atoms with Gasteiger partial charge in [0.2, 0.25) is 5.60 Å². The van der Waals surface area contributed by atoms with Crippen LogP contribution in [-0.2, 0) is 14.3 Å². The fourth-order valence-corrected chi connectivity index (χ4v) is 5.01. The number of rotatable bonds is 10. The van der Waals surface area contributed by atoms with Gasteiger partial charge in [0.25, 0.3) is 11.8 Å². The first-order chi connectivity index (χ1) is 16.2. The molecule has 2 atom stereocenters. The van der Waals surface area contributed by atoms with Crippen molar-refractivity contribution in [1.82, 2.24) is 10.2 Å². The molecule has 0 saturated carbocycles. The Kier molecular flexibility index (Phi) is 8.95. The molecule has 0 aliphatic carbocycles. The van der Waals surface area contributed by atoms with Gasteiger partial charge in [-0.3, -0.25) is 9.59 Å². The van der Waals surface area contributed by atoms with Crippen molar-refractivity contribution < 1.29 is 23.8 Å². The molecule has 1 aromatic carbocycles. The van der Waals surface area contributed by atoms with Crippen molar-refractivity contribution in [3.05, 3.63) is 23.3 Å². The maximum absolute atomic E-state index is 13.8. The van der Waals surface area contributed by atoms with Crippen LogP contribution in [0, 0.1) is 6.92 Å². The fourth-order valence-electron chi connectivity index (χ4n) is 5.01. The van der Waals surface area contributed by atoms with E-state index in [-0.39, 0.29) is 30.5 Å². The van der Waals surface area contributed by atoms with Crippen molar-refractivity contribution in [1.29, 1.82) is 0 Å². The van der Waals surface area contributed by atoms with Crippen LogP contribution in [0.3, 0.4) is 0 Å². The van der Waals surface area contributed by atoms with Crippen LogP contribution in [0.15, 0.2) is 12.1 Å². The van der Waals surface area contributed by atoms with E-state index in [0.717, 1.165) is 44.3 Å². The molecule has 0 unspecified atom stereocenters. The average Bonchev–Trinajstić information content (AvgIpc) is 2.79. The van der Waals surface area contributed by atoms with Crippen molar-refractivity contribution in [2.45, 2.75) is 71.1 Å². The number of fused-ring (bicyclic) bond motifs is 1. The number of anilines is 1. The zero-order valence-electron chi connectivity index (χ0n) is 21.6. The summed E-state index contributed by atoms with van der Waals surface area (Å²) in [7, 11) is 3.24. The van der Waals surface area contributed by atoms with Crippen molar-refractivity contribution in [2.75, 3.05) is 52.0 Å². The lowest BCUT2D eigenvalue weighted by Crippen LogP contribution is -2.57. The SMILES string of the molecule is COCCCCN1C(=O)[C@@](C)(COC)Oc2cc(C)c(C(=O)N(C(C)C)[C@@H]3CCCNC3)cc21. The van der Waals surface area contributed by atoms with Crippen LogP contribution in [0.5, 0.6) is 5.75 Å². The van der Waals surface area contributed by atoms with E-state index >= 15 is 0 Å². The Morgan fingerprint density at radius 1 is 1.29 bits per heavy atom. The molecule has 3 rings (SSSR count). The molecule has 2 amide bonds. The minimum atomic E-state index is -1.11. The van der Waals surface area contributed by atoms with Gasteiger partial charge in [-0.1, -0.05) is 0 Å². The molecule has 34 heavy (non-hydrogen) atoms. The molecule has 1 aromatic rings. The number of ether oxygens (including phenoxy) is 3. The monoisotopic (exact) mass is 475 g/mol. The van der Waals surface area contributed by atoms with E-state index in [1.54, 1.807) is 26.0 Å². The fraction of sp³-hybridized carbons (Fsp3) is 0.692. The maximum atomic E-state index is 13.8. The van der Waals surface area contributed by atoms with Gasteiger partial charge in [-0.05, 0) is 77.6 Å². The second-order valence-corrected chi connectivity index (χ2v) is 9.86. The van der Waals surface area contributed by atoms with Gasteiger partial charge >= 0.3 is 0 Å². The third kappa shape index (κ3) is 5.56. The van der Waals surface area contributed by atoms with E-state index in [1.807, 2.05) is 24.0 Å². The summed E-state index contributed by atoms with van der Waals surface area (Å²) in [6, 6.07) is 3.97. The lowest BCUT2D eigenvalue weighted by molar-refractivity contribution is -0.138. The summed E-state index contributed by atoms with van der Waals surface area (Å²) in [6.45, 7) is 10.9. The zero-order chi connectivity index (χ0) is 24.9. The summed E-state index contributed by atoms with van der Waals surface area (Å²) in [5.41, 5.74) is 0.993. The molecule has 8 heteroatoms. The first kappa shape index (κ1) is 26.4. The van der Waals surface area contributed by atoms with E-state index in [9.17, 15) is 9.59 Å². The second kappa shape index (κ2) is 11.5. The number of aryl methyl sites for hydroxylation is 1. The summed E-state index contributed by atoms with van der Waals surface area (Å²) in [5, 5.41) is 3.42. The summed E-state index contributed by atoms with van der Waals surface area (Å²) < 4.78 is 16.7. The Morgan fingerprint density at radius 3 is 2.68 bits per heavy atom. The third-order valence-electron chi connectivity index (χ3n) is 6.71. The number of nitrogens with one attached hydrogen (secondary N) is 1. The Labute approximate surface area is 203 Å². The predicted octanol–water partition coefficient (Wildman–Crippen LogP) is 3.15. The summed E-state index contributed by atoms with van der Waals surface area (Å²) in [4.78, 5) is 31.1. The number of carbonyl (C=O) groups excluding carboxylic acids is 2. The molecule has 2 heterocycles. The molecule has 8 nitrogen and oxygen atoms in total. The van der Waals surface area contributed by atoms with E-state index in [4.69, 9.17) is 14.2 Å². The van der Waals surface area contributed by atoms with Gasteiger partial charge in [-0.25, -0.2) is 0 Å². The Balaban J connectivity index is 1.98. The zero-order valence-corrected chi connectivity index (χ0v) is 21.6. The topological polar surface area (TPSA) is 80.3 Å². The van der Waals surface area contributed by atoms with Crippen LogP contribution in [0.25, 0.3) is 0 Å². The van der Waals surface area contributed by atoms with Crippen LogP contribution < -0.4 is 15.0 Å². The van der Waals surface area contributed by atoms with Crippen LogP contribution in [0.4, 0.5) is 5.69 Å². The Bertz CT molecular complexity index is 868. The molecule has 2 aliphatic heterocycles. The van der Waals surface area contributed by atoms with Crippen molar-refractivity contribution in [3.8, 4) is 5.75 Å². The number of benzene rings is 1. The highest BCUT2D eigenvalue weighted by Crippen LogP contribution is 2.40. The number of amides is 2. The number of carbonyl (C=O) groups is 2. The summed E-state index contributed by atoms with van der Waals surface area (Å²) in [6.07, 6.45) is 3.67. The van der Waals surface area contributed by atoms with Gasteiger partial charge in [-0.2, -0.15) is 0 Å². The largest absolute Gasteiger partial charge is 0.473 e. The molecule has 0 bridgehead atoms. The van der Waals surface area contributed by atoms with Gasteiger partial charge in [0.05, 0.1) is 12.3 Å². The summed E-state index contributed by atoms with van der Waals surface area (Å²) in [5.74, 6) is 0.454. The number of unbranched alkanes of at least 4 members (excludes halogenated alkanes) is 1. The number of methoxy groups -OCH3 is 2. The van der Waals surface area contributed by atoms with Crippen molar-refractivity contribution >= 4 is 17.5 Å². The van der Waals surface area contributed by atoms with E-state index < -0.39 is 5.60 Å². The van der Waals surface area contributed by atoms with Crippen molar-refractivity contribution in [3.63, 3.8) is 0 Å².